The minimum Gasteiger partial charge on any atom is -0.267 e. The van der Waals surface area contributed by atoms with E-state index in [-0.39, 0.29) is 11.4 Å². The zero-order chi connectivity index (χ0) is 8.55. The molecule has 6 heteroatoms. The smallest absolute Gasteiger partial charge is 0.267 e. The number of alkyl halides is 1. The molecule has 0 spiro atoms. The highest BCUT2D eigenvalue weighted by atomic mass is 35.5. The second-order valence-electron chi connectivity index (χ2n) is 2.15. The maximum absolute atomic E-state index is 11.2. The van der Waals surface area contributed by atoms with Gasteiger partial charge in [-0.1, -0.05) is 11.3 Å². The van der Waals surface area contributed by atoms with Crippen molar-refractivity contribution >= 4 is 27.9 Å². The predicted octanol–water partition coefficient (Wildman–Crippen LogP) is 0.890. The minimum atomic E-state index is -0.183. The summed E-state index contributed by atoms with van der Waals surface area (Å²) in [6.45, 7) is 0. The summed E-state index contributed by atoms with van der Waals surface area (Å²) in [6, 6.07) is 1.39. The van der Waals surface area contributed by atoms with Crippen LogP contribution in [0.2, 0.25) is 0 Å². The fourth-order valence-corrected chi connectivity index (χ4v) is 1.65. The van der Waals surface area contributed by atoms with Gasteiger partial charge in [0.05, 0.1) is 11.6 Å². The van der Waals surface area contributed by atoms with Crippen LogP contribution in [-0.4, -0.2) is 14.6 Å². The Morgan fingerprint density at radius 2 is 2.50 bits per heavy atom. The first-order valence-electron chi connectivity index (χ1n) is 3.19. The molecule has 0 aliphatic rings. The molecule has 0 radical (unpaired) electrons. The van der Waals surface area contributed by atoms with Gasteiger partial charge in [0, 0.05) is 6.07 Å². The van der Waals surface area contributed by atoms with Gasteiger partial charge in [-0.2, -0.15) is 9.61 Å². The van der Waals surface area contributed by atoms with Gasteiger partial charge in [0.1, 0.15) is 5.51 Å². The number of hydrogen-bond donors (Lipinski definition) is 0. The van der Waals surface area contributed by atoms with Crippen molar-refractivity contribution < 1.29 is 0 Å². The van der Waals surface area contributed by atoms with Crippen molar-refractivity contribution in [3.8, 4) is 0 Å². The van der Waals surface area contributed by atoms with Crippen LogP contribution >= 0.6 is 22.9 Å². The molecule has 0 fully saturated rings. The highest BCUT2D eigenvalue weighted by Crippen LogP contribution is 2.04. The lowest BCUT2D eigenvalue weighted by Gasteiger charge is -1.92. The molecule has 12 heavy (non-hydrogen) atoms. The molecular formula is C6H4ClN3OS. The van der Waals surface area contributed by atoms with Crippen LogP contribution < -0.4 is 5.56 Å². The van der Waals surface area contributed by atoms with E-state index in [9.17, 15) is 4.79 Å². The van der Waals surface area contributed by atoms with E-state index >= 15 is 0 Å². The highest BCUT2D eigenvalue weighted by Gasteiger charge is 2.02. The van der Waals surface area contributed by atoms with Crippen LogP contribution in [0.4, 0.5) is 0 Å². The summed E-state index contributed by atoms with van der Waals surface area (Å²) in [4.78, 5) is 15.9. The summed E-state index contributed by atoms with van der Waals surface area (Å²) in [6.07, 6.45) is 0. The number of nitrogens with zero attached hydrogens (tertiary/aromatic N) is 3. The molecule has 0 saturated heterocycles. The molecule has 0 aliphatic carbocycles. The lowest BCUT2D eigenvalue weighted by molar-refractivity contribution is 0.888. The fraction of sp³-hybridized carbons (Fsp3) is 0.167. The molecule has 0 saturated carbocycles. The van der Waals surface area contributed by atoms with Crippen LogP contribution in [0.25, 0.3) is 4.96 Å². The van der Waals surface area contributed by atoms with Crippen molar-refractivity contribution in [1.82, 2.24) is 14.6 Å². The molecule has 4 nitrogen and oxygen atoms in total. The standard InChI is InChI=1S/C6H4ClN3OS/c7-2-4-1-5(11)10-6(9-4)12-3-8-10/h1,3H,2H2. The summed E-state index contributed by atoms with van der Waals surface area (Å²) in [5.74, 6) is 0.254. The SMILES string of the molecule is O=c1cc(CCl)nc2scnn12. The van der Waals surface area contributed by atoms with Crippen LogP contribution in [0, 0.1) is 0 Å². The van der Waals surface area contributed by atoms with Crippen LogP contribution in [0.15, 0.2) is 16.4 Å². The number of halogens is 1. The third-order valence-electron chi connectivity index (χ3n) is 1.38. The van der Waals surface area contributed by atoms with Gasteiger partial charge in [0.15, 0.2) is 0 Å². The van der Waals surface area contributed by atoms with Crippen molar-refractivity contribution in [3.63, 3.8) is 0 Å². The largest absolute Gasteiger partial charge is 0.275 e. The molecule has 2 heterocycles. The van der Waals surface area contributed by atoms with Crippen LogP contribution in [0.1, 0.15) is 5.69 Å². The lowest BCUT2D eigenvalue weighted by atomic mass is 10.5. The summed E-state index contributed by atoms with van der Waals surface area (Å²) >= 11 is 6.85. The average molecular weight is 202 g/mol. The second-order valence-corrected chi connectivity index (χ2v) is 3.23. The second kappa shape index (κ2) is 2.84. The fourth-order valence-electron chi connectivity index (χ4n) is 0.869. The minimum absolute atomic E-state index is 0.183. The molecule has 0 amide bonds. The third kappa shape index (κ3) is 1.11. The Hall–Kier alpha value is -0.940. The van der Waals surface area contributed by atoms with Crippen molar-refractivity contribution in [2.45, 2.75) is 5.88 Å². The quantitative estimate of drug-likeness (QED) is 0.644. The van der Waals surface area contributed by atoms with E-state index < -0.39 is 0 Å². The van der Waals surface area contributed by atoms with E-state index in [1.54, 1.807) is 5.51 Å². The van der Waals surface area contributed by atoms with Gasteiger partial charge in [-0.3, -0.25) is 4.79 Å². The molecular weight excluding hydrogens is 198 g/mol. The predicted molar refractivity (Wildman–Crippen MR) is 46.7 cm³/mol. The van der Waals surface area contributed by atoms with Crippen LogP contribution in [-0.2, 0) is 5.88 Å². The monoisotopic (exact) mass is 201 g/mol. The van der Waals surface area contributed by atoms with Crippen molar-refractivity contribution in [1.29, 1.82) is 0 Å². The molecule has 2 rings (SSSR count). The van der Waals surface area contributed by atoms with E-state index in [4.69, 9.17) is 11.6 Å². The van der Waals surface area contributed by atoms with Gasteiger partial charge in [-0.25, -0.2) is 4.98 Å². The first-order valence-corrected chi connectivity index (χ1v) is 4.61. The van der Waals surface area contributed by atoms with Gasteiger partial charge in [0.2, 0.25) is 4.96 Å². The topological polar surface area (TPSA) is 47.3 Å². The van der Waals surface area contributed by atoms with Crippen molar-refractivity contribution in [3.05, 3.63) is 27.6 Å². The highest BCUT2D eigenvalue weighted by molar-refractivity contribution is 7.14. The zero-order valence-electron chi connectivity index (χ0n) is 5.90. The van der Waals surface area contributed by atoms with Gasteiger partial charge >= 0.3 is 0 Å². The number of aromatic nitrogens is 3. The van der Waals surface area contributed by atoms with Crippen LogP contribution in [0.3, 0.4) is 0 Å². The Morgan fingerprint density at radius 3 is 3.25 bits per heavy atom. The van der Waals surface area contributed by atoms with E-state index in [0.29, 0.717) is 10.7 Å². The first kappa shape index (κ1) is 7.70. The number of hydrogen-bond acceptors (Lipinski definition) is 4. The van der Waals surface area contributed by atoms with Gasteiger partial charge < -0.3 is 0 Å². The summed E-state index contributed by atoms with van der Waals surface area (Å²) < 4.78 is 1.25. The van der Waals surface area contributed by atoms with E-state index in [2.05, 4.69) is 10.1 Å². The molecule has 62 valence electrons. The first-order chi connectivity index (χ1) is 5.81. The lowest BCUT2D eigenvalue weighted by Crippen LogP contribution is -2.14. The summed E-state index contributed by atoms with van der Waals surface area (Å²) in [5.41, 5.74) is 1.98. The molecule has 2 aromatic heterocycles. The Balaban J connectivity index is 2.84. The van der Waals surface area contributed by atoms with Gasteiger partial charge in [-0.05, 0) is 0 Å². The van der Waals surface area contributed by atoms with E-state index in [0.717, 1.165) is 0 Å². The van der Waals surface area contributed by atoms with Crippen molar-refractivity contribution in [2.75, 3.05) is 0 Å². The molecule has 0 unspecified atom stereocenters. The maximum Gasteiger partial charge on any atom is 0.275 e. The van der Waals surface area contributed by atoms with Crippen LogP contribution in [0.5, 0.6) is 0 Å². The summed E-state index contributed by atoms with van der Waals surface area (Å²) in [7, 11) is 0. The molecule has 0 N–H and O–H groups in total. The van der Waals surface area contributed by atoms with E-state index in [1.807, 2.05) is 0 Å². The van der Waals surface area contributed by atoms with Crippen molar-refractivity contribution in [2.24, 2.45) is 0 Å². The Bertz CT molecular complexity index is 463. The molecule has 2 aromatic rings. The molecule has 0 bridgehead atoms. The van der Waals surface area contributed by atoms with Gasteiger partial charge in [0.25, 0.3) is 5.56 Å². The maximum atomic E-state index is 11.2. The number of fused-ring (bicyclic) bond motifs is 1. The molecule has 0 aliphatic heterocycles. The summed E-state index contributed by atoms with van der Waals surface area (Å²) in [5, 5.41) is 3.81. The molecule has 0 atom stereocenters. The van der Waals surface area contributed by atoms with E-state index in [1.165, 1.54) is 21.9 Å². The van der Waals surface area contributed by atoms with Gasteiger partial charge in [-0.15, -0.1) is 11.6 Å². The normalized spacial score (nSPS) is 10.8. The Labute approximate surface area is 76.4 Å². The Kier molecular flexibility index (Phi) is 1.82. The zero-order valence-corrected chi connectivity index (χ0v) is 7.47. The Morgan fingerprint density at radius 1 is 1.67 bits per heavy atom. The molecule has 0 aromatic carbocycles. The number of rotatable bonds is 1. The third-order valence-corrected chi connectivity index (χ3v) is 2.33. The average Bonchev–Trinajstić information content (AvgIpc) is 2.52.